The number of hydrogen-bond acceptors (Lipinski definition) is 6. The Morgan fingerprint density at radius 1 is 1.58 bits per heavy atom. The Hall–Kier alpha value is -1.54. The van der Waals surface area contributed by atoms with Crippen LogP contribution in [0, 0.1) is 4.91 Å². The summed E-state index contributed by atoms with van der Waals surface area (Å²) >= 11 is 0. The topological polar surface area (TPSA) is 83.4 Å². The SMILES string of the molecule is C[Si](C)(C)CCOCN(N=O)C(=O)C1=CCNC=N1. The van der Waals surface area contributed by atoms with E-state index in [1.54, 1.807) is 6.08 Å². The van der Waals surface area contributed by atoms with Crippen LogP contribution in [0.2, 0.25) is 25.7 Å². The normalized spacial score (nSPS) is 14.6. The van der Waals surface area contributed by atoms with E-state index in [0.717, 1.165) is 11.1 Å². The maximum atomic E-state index is 11.9. The lowest BCUT2D eigenvalue weighted by Crippen LogP contribution is -2.31. The number of hydrogen-bond donors (Lipinski definition) is 1. The number of carbonyl (C=O) groups is 1. The van der Waals surface area contributed by atoms with Crippen molar-refractivity contribution in [3.63, 3.8) is 0 Å². The smallest absolute Gasteiger partial charge is 0.297 e. The first kappa shape index (κ1) is 15.5. The van der Waals surface area contributed by atoms with Crippen molar-refractivity contribution >= 4 is 20.3 Å². The molecule has 0 fully saturated rings. The van der Waals surface area contributed by atoms with Crippen molar-refractivity contribution in [2.75, 3.05) is 19.9 Å². The molecule has 1 rings (SSSR count). The fraction of sp³-hybridized carbons (Fsp3) is 0.636. The quantitative estimate of drug-likeness (QED) is 0.251. The molecular weight excluding hydrogens is 264 g/mol. The minimum atomic E-state index is -1.18. The Bertz CT molecular complexity index is 390. The summed E-state index contributed by atoms with van der Waals surface area (Å²) in [6.45, 7) is 7.59. The van der Waals surface area contributed by atoms with Crippen molar-refractivity contribution in [3.8, 4) is 0 Å². The lowest BCUT2D eigenvalue weighted by Gasteiger charge is -2.18. The van der Waals surface area contributed by atoms with Gasteiger partial charge in [0.05, 0.1) is 11.6 Å². The second kappa shape index (κ2) is 7.15. The van der Waals surface area contributed by atoms with Gasteiger partial charge in [0.1, 0.15) is 12.4 Å². The fourth-order valence-electron chi connectivity index (χ4n) is 1.30. The van der Waals surface area contributed by atoms with Crippen LogP contribution in [0.3, 0.4) is 0 Å². The van der Waals surface area contributed by atoms with Crippen LogP contribution in [-0.2, 0) is 9.53 Å². The third-order valence-electron chi connectivity index (χ3n) is 2.47. The first-order valence-electron chi connectivity index (χ1n) is 6.13. The summed E-state index contributed by atoms with van der Waals surface area (Å²) in [5, 5.41) is 6.25. The Kier molecular flexibility index (Phi) is 5.83. The Morgan fingerprint density at radius 2 is 2.32 bits per heavy atom. The van der Waals surface area contributed by atoms with Gasteiger partial charge in [-0.3, -0.25) is 4.79 Å². The molecule has 0 saturated carbocycles. The maximum Gasteiger partial charge on any atom is 0.297 e. The lowest BCUT2D eigenvalue weighted by atomic mass is 10.3. The van der Waals surface area contributed by atoms with Gasteiger partial charge in [0.2, 0.25) is 0 Å². The first-order chi connectivity index (χ1) is 8.94. The summed E-state index contributed by atoms with van der Waals surface area (Å²) in [6.07, 6.45) is 3.02. The van der Waals surface area contributed by atoms with Gasteiger partial charge >= 0.3 is 0 Å². The summed E-state index contributed by atoms with van der Waals surface area (Å²) in [7, 11) is -1.18. The Balaban J connectivity index is 2.41. The van der Waals surface area contributed by atoms with Gasteiger partial charge in [0.15, 0.2) is 0 Å². The zero-order valence-electron chi connectivity index (χ0n) is 11.5. The molecule has 0 aromatic rings. The average molecular weight is 284 g/mol. The summed E-state index contributed by atoms with van der Waals surface area (Å²) in [5.74, 6) is -0.541. The van der Waals surface area contributed by atoms with E-state index in [1.807, 2.05) is 0 Å². The van der Waals surface area contributed by atoms with E-state index in [1.165, 1.54) is 6.34 Å². The highest BCUT2D eigenvalue weighted by atomic mass is 28.3. The number of rotatable bonds is 7. The largest absolute Gasteiger partial charge is 0.373 e. The lowest BCUT2D eigenvalue weighted by molar-refractivity contribution is -0.132. The molecule has 0 atom stereocenters. The van der Waals surface area contributed by atoms with Crippen LogP contribution in [0.15, 0.2) is 22.1 Å². The van der Waals surface area contributed by atoms with Crippen molar-refractivity contribution in [2.24, 2.45) is 10.3 Å². The monoisotopic (exact) mass is 284 g/mol. The van der Waals surface area contributed by atoms with Crippen molar-refractivity contribution in [1.82, 2.24) is 10.3 Å². The highest BCUT2D eigenvalue weighted by molar-refractivity contribution is 6.76. The molecule has 0 aliphatic carbocycles. The van der Waals surface area contributed by atoms with Crippen LogP contribution in [0.25, 0.3) is 0 Å². The van der Waals surface area contributed by atoms with Crippen molar-refractivity contribution in [3.05, 3.63) is 16.7 Å². The minimum Gasteiger partial charge on any atom is -0.373 e. The number of nitrogens with one attached hydrogen (secondary N) is 1. The molecular formula is C11H20N4O3Si. The molecule has 0 spiro atoms. The van der Waals surface area contributed by atoms with E-state index in [2.05, 4.69) is 35.2 Å². The Morgan fingerprint density at radius 3 is 2.84 bits per heavy atom. The first-order valence-corrected chi connectivity index (χ1v) is 9.84. The van der Waals surface area contributed by atoms with Crippen LogP contribution in [0.4, 0.5) is 0 Å². The van der Waals surface area contributed by atoms with E-state index in [9.17, 15) is 9.70 Å². The van der Waals surface area contributed by atoms with Crippen LogP contribution in [0.1, 0.15) is 0 Å². The molecule has 1 amide bonds. The molecule has 106 valence electrons. The summed E-state index contributed by atoms with van der Waals surface area (Å²) in [4.78, 5) is 26.4. The second-order valence-electron chi connectivity index (χ2n) is 5.39. The standard InChI is InChI=1S/C11H20N4O3Si/c1-19(2,3)7-6-18-9-15(14-17)11(16)10-4-5-12-8-13-10/h4,8H,5-7,9H2,1-3H3,(H,12,13). The van der Waals surface area contributed by atoms with Gasteiger partial charge in [0, 0.05) is 21.2 Å². The van der Waals surface area contributed by atoms with Gasteiger partial charge < -0.3 is 10.1 Å². The van der Waals surface area contributed by atoms with E-state index < -0.39 is 14.0 Å². The predicted molar refractivity (Wildman–Crippen MR) is 76.2 cm³/mol. The van der Waals surface area contributed by atoms with E-state index in [-0.39, 0.29) is 12.4 Å². The van der Waals surface area contributed by atoms with E-state index >= 15 is 0 Å². The molecule has 0 radical (unpaired) electrons. The van der Waals surface area contributed by atoms with Crippen molar-refractivity contribution in [1.29, 1.82) is 0 Å². The molecule has 0 aromatic carbocycles. The zero-order chi connectivity index (χ0) is 14.3. The maximum absolute atomic E-state index is 11.9. The van der Waals surface area contributed by atoms with Crippen LogP contribution < -0.4 is 5.32 Å². The van der Waals surface area contributed by atoms with Crippen LogP contribution in [-0.4, -0.2) is 45.2 Å². The number of carbonyl (C=O) groups excluding carboxylic acids is 1. The molecule has 8 heteroatoms. The zero-order valence-corrected chi connectivity index (χ0v) is 12.5. The highest BCUT2D eigenvalue weighted by Gasteiger charge is 2.20. The van der Waals surface area contributed by atoms with Gasteiger partial charge in [0.25, 0.3) is 5.91 Å². The predicted octanol–water partition coefficient (Wildman–Crippen LogP) is 1.32. The van der Waals surface area contributed by atoms with Gasteiger partial charge in [-0.05, 0) is 12.1 Å². The van der Waals surface area contributed by atoms with Crippen molar-refractivity contribution in [2.45, 2.75) is 25.7 Å². The third-order valence-corrected chi connectivity index (χ3v) is 4.17. The number of aliphatic imine (C=N–C) groups is 1. The molecule has 0 aromatic heterocycles. The summed E-state index contributed by atoms with van der Waals surface area (Å²) in [5.41, 5.74) is 0.201. The number of nitroso groups, excluding NO2 is 1. The molecule has 1 aliphatic heterocycles. The minimum absolute atomic E-state index is 0.132. The van der Waals surface area contributed by atoms with Gasteiger partial charge in [-0.2, -0.15) is 5.01 Å². The second-order valence-corrected chi connectivity index (χ2v) is 11.0. The molecule has 0 unspecified atom stereocenters. The van der Waals surface area contributed by atoms with E-state index in [0.29, 0.717) is 13.2 Å². The molecule has 0 bridgehead atoms. The van der Waals surface area contributed by atoms with Crippen LogP contribution in [0.5, 0.6) is 0 Å². The van der Waals surface area contributed by atoms with Gasteiger partial charge in [-0.15, -0.1) is 4.91 Å². The number of amides is 1. The van der Waals surface area contributed by atoms with E-state index in [4.69, 9.17) is 4.74 Å². The average Bonchev–Trinajstić information content (AvgIpc) is 2.38. The summed E-state index contributed by atoms with van der Waals surface area (Å²) < 4.78 is 5.33. The molecule has 1 heterocycles. The molecule has 0 saturated heterocycles. The van der Waals surface area contributed by atoms with Crippen LogP contribution >= 0.6 is 0 Å². The molecule has 7 nitrogen and oxygen atoms in total. The molecule has 19 heavy (non-hydrogen) atoms. The van der Waals surface area contributed by atoms with Crippen molar-refractivity contribution < 1.29 is 9.53 Å². The van der Waals surface area contributed by atoms with Gasteiger partial charge in [-0.1, -0.05) is 19.6 Å². The molecule has 1 aliphatic rings. The number of ether oxygens (including phenoxy) is 1. The third kappa shape index (κ3) is 5.75. The van der Waals surface area contributed by atoms with Gasteiger partial charge in [-0.25, -0.2) is 4.99 Å². The Labute approximate surface area is 113 Å². The fourth-order valence-corrected chi connectivity index (χ4v) is 2.06. The highest BCUT2D eigenvalue weighted by Crippen LogP contribution is 2.09. The molecule has 1 N–H and O–H groups in total. The summed E-state index contributed by atoms with van der Waals surface area (Å²) in [6, 6.07) is 0.971. The number of nitrogens with zero attached hydrogens (tertiary/aromatic N) is 3.